The first-order valence-corrected chi connectivity index (χ1v) is 7.23. The number of carbonyl (C=O) groups excluding carboxylic acids is 2. The van der Waals surface area contributed by atoms with E-state index in [1.54, 1.807) is 24.3 Å². The minimum absolute atomic E-state index is 0.0414. The molecule has 0 atom stereocenters. The molecule has 1 N–H and O–H groups in total. The zero-order valence-corrected chi connectivity index (χ0v) is 13.4. The van der Waals surface area contributed by atoms with Crippen LogP contribution in [-0.4, -0.2) is 23.4 Å². The Morgan fingerprint density at radius 2 is 1.96 bits per heavy atom. The van der Waals surface area contributed by atoms with Crippen LogP contribution < -0.4 is 5.32 Å². The van der Waals surface area contributed by atoms with Crippen molar-refractivity contribution in [3.8, 4) is 0 Å². The van der Waals surface area contributed by atoms with Gasteiger partial charge in [-0.15, -0.1) is 0 Å². The number of nitro benzene ring substituents is 1. The monoisotopic (exact) mass is 348 g/mol. The summed E-state index contributed by atoms with van der Waals surface area (Å²) in [6, 6.07) is 10.6. The Bertz CT molecular complexity index is 807. The van der Waals surface area contributed by atoms with Crippen LogP contribution in [0.15, 0.2) is 42.5 Å². The lowest BCUT2D eigenvalue weighted by Gasteiger charge is -2.08. The largest absolute Gasteiger partial charge is 0.452 e. The van der Waals surface area contributed by atoms with Gasteiger partial charge in [-0.2, -0.15) is 0 Å². The van der Waals surface area contributed by atoms with E-state index in [2.05, 4.69) is 5.32 Å². The highest BCUT2D eigenvalue weighted by atomic mass is 35.5. The van der Waals surface area contributed by atoms with Gasteiger partial charge in [0.25, 0.3) is 11.6 Å². The van der Waals surface area contributed by atoms with Crippen molar-refractivity contribution in [1.29, 1.82) is 0 Å². The van der Waals surface area contributed by atoms with Crippen LogP contribution in [0, 0.1) is 17.0 Å². The normalized spacial score (nSPS) is 10.1. The summed E-state index contributed by atoms with van der Waals surface area (Å²) >= 11 is 5.80. The Hall–Kier alpha value is -2.93. The number of hydrogen-bond donors (Lipinski definition) is 1. The van der Waals surface area contributed by atoms with E-state index < -0.39 is 23.4 Å². The van der Waals surface area contributed by atoms with Gasteiger partial charge in [-0.05, 0) is 31.2 Å². The lowest BCUT2D eigenvalue weighted by Crippen LogP contribution is -2.21. The van der Waals surface area contributed by atoms with Gasteiger partial charge >= 0.3 is 5.97 Å². The molecule has 1 amide bonds. The van der Waals surface area contributed by atoms with Crippen molar-refractivity contribution in [1.82, 2.24) is 0 Å². The van der Waals surface area contributed by atoms with Gasteiger partial charge in [-0.25, -0.2) is 4.79 Å². The van der Waals surface area contributed by atoms with E-state index in [4.69, 9.17) is 16.3 Å². The van der Waals surface area contributed by atoms with E-state index in [1.165, 1.54) is 25.1 Å². The molecule has 0 radical (unpaired) electrons. The molecule has 0 spiro atoms. The molecule has 0 aliphatic carbocycles. The number of nitrogens with zero attached hydrogens (tertiary/aromatic N) is 1. The summed E-state index contributed by atoms with van der Waals surface area (Å²) in [7, 11) is 0. The van der Waals surface area contributed by atoms with Gasteiger partial charge in [0.2, 0.25) is 0 Å². The maximum Gasteiger partial charge on any atom is 0.339 e. The van der Waals surface area contributed by atoms with Crippen LogP contribution in [0.3, 0.4) is 0 Å². The van der Waals surface area contributed by atoms with Crippen molar-refractivity contribution in [2.45, 2.75) is 6.92 Å². The number of rotatable bonds is 5. The van der Waals surface area contributed by atoms with Crippen LogP contribution in [0.1, 0.15) is 15.9 Å². The van der Waals surface area contributed by atoms with E-state index in [0.717, 1.165) is 0 Å². The number of carbonyl (C=O) groups is 2. The second-order valence-corrected chi connectivity index (χ2v) is 5.28. The summed E-state index contributed by atoms with van der Waals surface area (Å²) in [5.74, 6) is -1.36. The molecule has 0 saturated heterocycles. The molecule has 0 aromatic heterocycles. The first-order valence-electron chi connectivity index (χ1n) is 6.85. The number of benzene rings is 2. The van der Waals surface area contributed by atoms with E-state index in [9.17, 15) is 19.7 Å². The first kappa shape index (κ1) is 17.4. The molecule has 2 aromatic carbocycles. The van der Waals surface area contributed by atoms with Gasteiger partial charge in [0.1, 0.15) is 0 Å². The quantitative estimate of drug-likeness (QED) is 0.507. The molecule has 0 heterocycles. The first-order chi connectivity index (χ1) is 11.4. The number of nitrogens with one attached hydrogen (secondary N) is 1. The molecule has 2 aromatic rings. The summed E-state index contributed by atoms with van der Waals surface area (Å²) in [5, 5.41) is 13.9. The molecule has 0 aliphatic rings. The molecule has 0 aliphatic heterocycles. The molecule has 0 bridgehead atoms. The lowest BCUT2D eigenvalue weighted by atomic mass is 10.1. The summed E-state index contributed by atoms with van der Waals surface area (Å²) < 4.78 is 4.90. The Labute approximate surface area is 142 Å². The minimum Gasteiger partial charge on any atom is -0.452 e. The van der Waals surface area contributed by atoms with Gasteiger partial charge in [-0.1, -0.05) is 23.7 Å². The zero-order chi connectivity index (χ0) is 17.7. The number of nitro groups is 1. The summed E-state index contributed by atoms with van der Waals surface area (Å²) in [6.45, 7) is 0.925. The van der Waals surface area contributed by atoms with Crippen molar-refractivity contribution >= 4 is 34.9 Å². The highest BCUT2D eigenvalue weighted by molar-refractivity contribution is 6.30. The third-order valence-corrected chi connectivity index (χ3v) is 3.40. The van der Waals surface area contributed by atoms with Crippen molar-refractivity contribution in [2.24, 2.45) is 0 Å². The molecule has 0 fully saturated rings. The molecule has 7 nitrogen and oxygen atoms in total. The van der Waals surface area contributed by atoms with Crippen LogP contribution in [0.5, 0.6) is 0 Å². The number of hydrogen-bond acceptors (Lipinski definition) is 5. The van der Waals surface area contributed by atoms with Crippen molar-refractivity contribution in [2.75, 3.05) is 11.9 Å². The maximum absolute atomic E-state index is 12.0. The predicted molar refractivity (Wildman–Crippen MR) is 88.2 cm³/mol. The molecule has 0 unspecified atom stereocenters. The fraction of sp³-hybridized carbons (Fsp3) is 0.125. The summed E-state index contributed by atoms with van der Waals surface area (Å²) in [5.41, 5.74) is 0.505. The highest BCUT2D eigenvalue weighted by Crippen LogP contribution is 2.21. The van der Waals surface area contributed by atoms with Crippen LogP contribution >= 0.6 is 11.6 Å². The third-order valence-electron chi connectivity index (χ3n) is 3.16. The average molecular weight is 349 g/mol. The number of esters is 1. The molecule has 0 saturated carbocycles. The molecular formula is C16H13ClN2O5. The summed E-state index contributed by atoms with van der Waals surface area (Å²) in [4.78, 5) is 34.1. The molecule has 124 valence electrons. The van der Waals surface area contributed by atoms with Gasteiger partial charge < -0.3 is 10.1 Å². The molecule has 24 heavy (non-hydrogen) atoms. The number of halogens is 1. The number of amides is 1. The van der Waals surface area contributed by atoms with Crippen molar-refractivity contribution in [3.63, 3.8) is 0 Å². The van der Waals surface area contributed by atoms with Gasteiger partial charge in [0, 0.05) is 22.3 Å². The predicted octanol–water partition coefficient (Wildman–Crippen LogP) is 3.35. The van der Waals surface area contributed by atoms with Crippen molar-refractivity contribution in [3.05, 3.63) is 68.7 Å². The van der Waals surface area contributed by atoms with E-state index in [1.807, 2.05) is 0 Å². The third kappa shape index (κ3) is 4.30. The topological polar surface area (TPSA) is 98.5 Å². The molecule has 8 heteroatoms. The second kappa shape index (κ2) is 7.56. The number of anilines is 1. The lowest BCUT2D eigenvalue weighted by molar-refractivity contribution is -0.385. The molecule has 2 rings (SSSR count). The Kier molecular flexibility index (Phi) is 5.49. The Morgan fingerprint density at radius 3 is 2.62 bits per heavy atom. The standard InChI is InChI=1S/C16H13ClN2O5/c1-10-13(6-3-7-14(10)19(22)23)16(21)24-9-15(20)18-12-5-2-4-11(17)8-12/h2-8H,9H2,1H3,(H,18,20). The Balaban J connectivity index is 1.99. The van der Waals surface area contributed by atoms with Gasteiger partial charge in [-0.3, -0.25) is 14.9 Å². The van der Waals surface area contributed by atoms with E-state index in [-0.39, 0.29) is 16.8 Å². The van der Waals surface area contributed by atoms with Crippen LogP contribution in [0.2, 0.25) is 5.02 Å². The fourth-order valence-corrected chi connectivity index (χ4v) is 2.20. The Morgan fingerprint density at radius 1 is 1.25 bits per heavy atom. The van der Waals surface area contributed by atoms with E-state index >= 15 is 0 Å². The minimum atomic E-state index is -0.808. The molecular weight excluding hydrogens is 336 g/mol. The second-order valence-electron chi connectivity index (χ2n) is 4.84. The highest BCUT2D eigenvalue weighted by Gasteiger charge is 2.19. The number of ether oxygens (including phenoxy) is 1. The SMILES string of the molecule is Cc1c(C(=O)OCC(=O)Nc2cccc(Cl)c2)cccc1[N+](=O)[O-]. The average Bonchev–Trinajstić information content (AvgIpc) is 2.52. The van der Waals surface area contributed by atoms with Crippen molar-refractivity contribution < 1.29 is 19.2 Å². The smallest absolute Gasteiger partial charge is 0.339 e. The van der Waals surface area contributed by atoms with Crippen LogP contribution in [0.4, 0.5) is 11.4 Å². The van der Waals surface area contributed by atoms with Crippen LogP contribution in [-0.2, 0) is 9.53 Å². The van der Waals surface area contributed by atoms with Crippen LogP contribution in [0.25, 0.3) is 0 Å². The van der Waals surface area contributed by atoms with Gasteiger partial charge in [0.15, 0.2) is 6.61 Å². The zero-order valence-electron chi connectivity index (χ0n) is 12.6. The summed E-state index contributed by atoms with van der Waals surface area (Å²) in [6.07, 6.45) is 0. The van der Waals surface area contributed by atoms with E-state index in [0.29, 0.717) is 10.7 Å². The fourth-order valence-electron chi connectivity index (χ4n) is 2.01. The van der Waals surface area contributed by atoms with Gasteiger partial charge in [0.05, 0.1) is 10.5 Å². The maximum atomic E-state index is 12.0.